The van der Waals surface area contributed by atoms with E-state index in [0.29, 0.717) is 5.88 Å². The Morgan fingerprint density at radius 3 is 2.67 bits per heavy atom. The molecule has 1 heterocycles. The normalized spacial score (nSPS) is 10.0. The van der Waals surface area contributed by atoms with Crippen LogP contribution in [0, 0.1) is 6.92 Å². The lowest BCUT2D eigenvalue weighted by atomic mass is 10.2. The molecule has 3 heteroatoms. The van der Waals surface area contributed by atoms with Crippen molar-refractivity contribution in [2.75, 3.05) is 0 Å². The predicted octanol–water partition coefficient (Wildman–Crippen LogP) is 3.94. The summed E-state index contributed by atoms with van der Waals surface area (Å²) in [5, 5.41) is 0. The van der Waals surface area contributed by atoms with E-state index < -0.39 is 0 Å². The van der Waals surface area contributed by atoms with Crippen LogP contribution in [0.4, 0.5) is 0 Å². The van der Waals surface area contributed by atoms with Crippen molar-refractivity contribution in [1.29, 1.82) is 0 Å². The average molecular weight is 264 g/mol. The highest BCUT2D eigenvalue weighted by atomic mass is 79.9. The molecule has 0 bridgehead atoms. The summed E-state index contributed by atoms with van der Waals surface area (Å²) in [6, 6.07) is 11.5. The third-order valence-corrected chi connectivity index (χ3v) is 2.63. The molecule has 2 rings (SSSR count). The van der Waals surface area contributed by atoms with E-state index in [1.54, 1.807) is 6.20 Å². The molecule has 2 nitrogen and oxygen atoms in total. The number of hydrogen-bond acceptors (Lipinski definition) is 2. The van der Waals surface area contributed by atoms with Gasteiger partial charge in [-0.05, 0) is 40.5 Å². The first kappa shape index (κ1) is 10.2. The molecular weight excluding hydrogens is 254 g/mol. The first-order valence-electron chi connectivity index (χ1n) is 4.61. The maximum Gasteiger partial charge on any atom is 0.219 e. The summed E-state index contributed by atoms with van der Waals surface area (Å²) in [6.07, 6.45) is 1.71. The van der Waals surface area contributed by atoms with Crippen LogP contribution in [0.15, 0.2) is 47.1 Å². The van der Waals surface area contributed by atoms with Crippen molar-refractivity contribution in [3.05, 3.63) is 52.6 Å². The number of para-hydroxylation sites is 1. The summed E-state index contributed by atoms with van der Waals surface area (Å²) < 4.78 is 6.62. The zero-order valence-electron chi connectivity index (χ0n) is 8.27. The van der Waals surface area contributed by atoms with Gasteiger partial charge in [0.25, 0.3) is 0 Å². The molecule has 1 aromatic heterocycles. The first-order chi connectivity index (χ1) is 7.27. The summed E-state index contributed by atoms with van der Waals surface area (Å²) in [5.41, 5.74) is 1.08. The number of rotatable bonds is 2. The molecule has 0 aliphatic carbocycles. The second-order valence-electron chi connectivity index (χ2n) is 3.16. The highest BCUT2D eigenvalue weighted by Gasteiger charge is 2.05. The van der Waals surface area contributed by atoms with Crippen molar-refractivity contribution in [3.8, 4) is 11.6 Å². The monoisotopic (exact) mass is 263 g/mol. The Hall–Kier alpha value is -1.35. The molecule has 0 radical (unpaired) electrons. The van der Waals surface area contributed by atoms with E-state index in [1.165, 1.54) is 0 Å². The van der Waals surface area contributed by atoms with Gasteiger partial charge in [0.1, 0.15) is 5.75 Å². The van der Waals surface area contributed by atoms with E-state index in [1.807, 2.05) is 43.3 Å². The largest absolute Gasteiger partial charge is 0.438 e. The van der Waals surface area contributed by atoms with Gasteiger partial charge in [0.05, 0.1) is 4.47 Å². The average Bonchev–Trinajstić information content (AvgIpc) is 2.25. The van der Waals surface area contributed by atoms with Crippen molar-refractivity contribution in [2.24, 2.45) is 0 Å². The minimum atomic E-state index is 0.604. The van der Waals surface area contributed by atoms with Crippen molar-refractivity contribution < 1.29 is 4.74 Å². The van der Waals surface area contributed by atoms with Crippen LogP contribution in [0.25, 0.3) is 0 Å². The Morgan fingerprint density at radius 1 is 1.13 bits per heavy atom. The SMILES string of the molecule is Cc1cccc(Br)c1Oc1ccccn1. The fourth-order valence-corrected chi connectivity index (χ4v) is 1.80. The Balaban J connectivity index is 2.32. The van der Waals surface area contributed by atoms with Crippen molar-refractivity contribution in [2.45, 2.75) is 6.92 Å². The number of ether oxygens (including phenoxy) is 1. The number of aromatic nitrogens is 1. The lowest BCUT2D eigenvalue weighted by molar-refractivity contribution is 0.456. The minimum Gasteiger partial charge on any atom is -0.438 e. The quantitative estimate of drug-likeness (QED) is 0.819. The highest BCUT2D eigenvalue weighted by Crippen LogP contribution is 2.31. The molecule has 0 aliphatic rings. The molecular formula is C12H10BrNO. The zero-order chi connectivity index (χ0) is 10.7. The van der Waals surface area contributed by atoms with Gasteiger partial charge in [-0.15, -0.1) is 0 Å². The lowest BCUT2D eigenvalue weighted by Crippen LogP contribution is -1.90. The molecule has 76 valence electrons. The molecule has 0 amide bonds. The molecule has 0 aliphatic heterocycles. The van der Waals surface area contributed by atoms with E-state index in [-0.39, 0.29) is 0 Å². The predicted molar refractivity (Wildman–Crippen MR) is 63.2 cm³/mol. The van der Waals surface area contributed by atoms with E-state index in [4.69, 9.17) is 4.74 Å². The van der Waals surface area contributed by atoms with Gasteiger partial charge >= 0.3 is 0 Å². The molecule has 1 aromatic carbocycles. The summed E-state index contributed by atoms with van der Waals surface area (Å²) in [5.74, 6) is 1.42. The number of nitrogens with zero attached hydrogens (tertiary/aromatic N) is 1. The van der Waals surface area contributed by atoms with E-state index >= 15 is 0 Å². The van der Waals surface area contributed by atoms with Crippen molar-refractivity contribution >= 4 is 15.9 Å². The zero-order valence-corrected chi connectivity index (χ0v) is 9.86. The Bertz CT molecular complexity index is 436. The van der Waals surface area contributed by atoms with Gasteiger partial charge in [0, 0.05) is 12.3 Å². The molecule has 0 fully saturated rings. The third kappa shape index (κ3) is 2.36. The third-order valence-electron chi connectivity index (χ3n) is 2.01. The molecule has 2 aromatic rings. The molecule has 15 heavy (non-hydrogen) atoms. The number of aryl methyl sites for hydroxylation is 1. The molecule has 0 atom stereocenters. The van der Waals surface area contributed by atoms with Gasteiger partial charge in [0.15, 0.2) is 0 Å². The standard InChI is InChI=1S/C12H10BrNO/c1-9-5-4-6-10(13)12(9)15-11-7-2-3-8-14-11/h2-8H,1H3. The number of benzene rings is 1. The molecule has 0 saturated heterocycles. The maximum absolute atomic E-state index is 5.68. The van der Waals surface area contributed by atoms with Gasteiger partial charge in [-0.2, -0.15) is 0 Å². The van der Waals surface area contributed by atoms with Crippen LogP contribution in [-0.4, -0.2) is 4.98 Å². The van der Waals surface area contributed by atoms with Crippen LogP contribution in [0.3, 0.4) is 0 Å². The second-order valence-corrected chi connectivity index (χ2v) is 4.01. The van der Waals surface area contributed by atoms with Crippen LogP contribution in [-0.2, 0) is 0 Å². The smallest absolute Gasteiger partial charge is 0.219 e. The summed E-state index contributed by atoms with van der Waals surface area (Å²) in [6.45, 7) is 2.00. The Kier molecular flexibility index (Phi) is 3.02. The maximum atomic E-state index is 5.68. The number of hydrogen-bond donors (Lipinski definition) is 0. The van der Waals surface area contributed by atoms with Gasteiger partial charge in [-0.3, -0.25) is 0 Å². The van der Waals surface area contributed by atoms with Crippen LogP contribution in [0.1, 0.15) is 5.56 Å². The van der Waals surface area contributed by atoms with Gasteiger partial charge < -0.3 is 4.74 Å². The molecule has 0 N–H and O–H groups in total. The van der Waals surface area contributed by atoms with E-state index in [2.05, 4.69) is 20.9 Å². The molecule has 0 unspecified atom stereocenters. The van der Waals surface area contributed by atoms with Crippen molar-refractivity contribution in [1.82, 2.24) is 4.98 Å². The molecule has 0 saturated carbocycles. The van der Waals surface area contributed by atoms with Crippen LogP contribution < -0.4 is 4.74 Å². The summed E-state index contributed by atoms with van der Waals surface area (Å²) in [4.78, 5) is 4.11. The van der Waals surface area contributed by atoms with Crippen LogP contribution in [0.2, 0.25) is 0 Å². The van der Waals surface area contributed by atoms with E-state index in [9.17, 15) is 0 Å². The molecule has 0 spiro atoms. The first-order valence-corrected chi connectivity index (χ1v) is 5.40. The Labute approximate surface area is 97.1 Å². The van der Waals surface area contributed by atoms with Crippen LogP contribution in [0.5, 0.6) is 11.6 Å². The van der Waals surface area contributed by atoms with Gasteiger partial charge in [-0.25, -0.2) is 4.98 Å². The van der Waals surface area contributed by atoms with Gasteiger partial charge in [-0.1, -0.05) is 18.2 Å². The fraction of sp³-hybridized carbons (Fsp3) is 0.0833. The second kappa shape index (κ2) is 4.45. The van der Waals surface area contributed by atoms with Crippen molar-refractivity contribution in [3.63, 3.8) is 0 Å². The highest BCUT2D eigenvalue weighted by molar-refractivity contribution is 9.10. The topological polar surface area (TPSA) is 22.1 Å². The number of halogens is 1. The lowest BCUT2D eigenvalue weighted by Gasteiger charge is -2.08. The van der Waals surface area contributed by atoms with Gasteiger partial charge in [0.2, 0.25) is 5.88 Å². The fourth-order valence-electron chi connectivity index (χ4n) is 1.26. The summed E-state index contributed by atoms with van der Waals surface area (Å²) >= 11 is 3.45. The number of pyridine rings is 1. The Morgan fingerprint density at radius 2 is 2.00 bits per heavy atom. The van der Waals surface area contributed by atoms with E-state index in [0.717, 1.165) is 15.8 Å². The summed E-state index contributed by atoms with van der Waals surface area (Å²) in [7, 11) is 0. The minimum absolute atomic E-state index is 0.604. The van der Waals surface area contributed by atoms with Crippen LogP contribution >= 0.6 is 15.9 Å².